The Morgan fingerprint density at radius 3 is 3.00 bits per heavy atom. The van der Waals surface area contributed by atoms with Gasteiger partial charge >= 0.3 is 0 Å². The molecule has 0 saturated heterocycles. The zero-order valence-corrected chi connectivity index (χ0v) is 9.23. The Kier molecular flexibility index (Phi) is 2.75. The second-order valence-electron chi connectivity index (χ2n) is 4.41. The van der Waals surface area contributed by atoms with Gasteiger partial charge in [-0.05, 0) is 12.8 Å². The Morgan fingerprint density at radius 1 is 1.67 bits per heavy atom. The summed E-state index contributed by atoms with van der Waals surface area (Å²) in [6.45, 7) is 4.55. The van der Waals surface area contributed by atoms with Crippen molar-refractivity contribution >= 4 is 5.91 Å². The summed E-state index contributed by atoms with van der Waals surface area (Å²) in [7, 11) is 0. The highest BCUT2D eigenvalue weighted by Gasteiger charge is 2.23. The van der Waals surface area contributed by atoms with Crippen LogP contribution < -0.4 is 5.32 Å². The third kappa shape index (κ3) is 2.58. The van der Waals surface area contributed by atoms with Gasteiger partial charge in [-0.2, -0.15) is 0 Å². The third-order valence-electron chi connectivity index (χ3n) is 2.52. The van der Waals surface area contributed by atoms with E-state index >= 15 is 0 Å². The van der Waals surface area contributed by atoms with Crippen LogP contribution in [0.1, 0.15) is 38.4 Å². The minimum atomic E-state index is 0.0948. The molecule has 1 aliphatic rings. The van der Waals surface area contributed by atoms with Crippen molar-refractivity contribution in [1.29, 1.82) is 0 Å². The first-order valence-electron chi connectivity index (χ1n) is 5.47. The lowest BCUT2D eigenvalue weighted by Gasteiger charge is -2.10. The van der Waals surface area contributed by atoms with E-state index in [1.807, 2.05) is 10.8 Å². The van der Waals surface area contributed by atoms with Crippen LogP contribution in [0.4, 0.5) is 0 Å². The van der Waals surface area contributed by atoms with E-state index in [0.29, 0.717) is 18.5 Å². The summed E-state index contributed by atoms with van der Waals surface area (Å²) < 4.78 is 1.92. The standard InChI is InChI=1S/C11H17N3O/c1-8(2)11-12-5-6-14(11)7-10(15)13-9-3-4-9/h5-6,8-9H,3-4,7H2,1-2H3,(H,13,15). The molecule has 1 aliphatic carbocycles. The van der Waals surface area contributed by atoms with Gasteiger partial charge in [0.25, 0.3) is 0 Å². The van der Waals surface area contributed by atoms with Gasteiger partial charge in [-0.3, -0.25) is 4.79 Å². The average Bonchev–Trinajstić information content (AvgIpc) is 2.82. The van der Waals surface area contributed by atoms with E-state index in [2.05, 4.69) is 24.1 Å². The number of nitrogens with zero attached hydrogens (tertiary/aromatic N) is 2. The fourth-order valence-electron chi connectivity index (χ4n) is 1.61. The molecule has 1 fully saturated rings. The fraction of sp³-hybridized carbons (Fsp3) is 0.636. The molecule has 1 heterocycles. The smallest absolute Gasteiger partial charge is 0.240 e. The topological polar surface area (TPSA) is 46.9 Å². The molecular formula is C11H17N3O. The van der Waals surface area contributed by atoms with Gasteiger partial charge in [-0.15, -0.1) is 0 Å². The maximum Gasteiger partial charge on any atom is 0.240 e. The van der Waals surface area contributed by atoms with Crippen molar-refractivity contribution in [2.45, 2.75) is 45.2 Å². The van der Waals surface area contributed by atoms with E-state index in [0.717, 1.165) is 18.7 Å². The molecule has 2 rings (SSSR count). The summed E-state index contributed by atoms with van der Waals surface area (Å²) in [4.78, 5) is 15.8. The van der Waals surface area contributed by atoms with Crippen molar-refractivity contribution in [2.75, 3.05) is 0 Å². The van der Waals surface area contributed by atoms with Crippen LogP contribution in [0.25, 0.3) is 0 Å². The van der Waals surface area contributed by atoms with Gasteiger partial charge in [-0.25, -0.2) is 4.98 Å². The minimum absolute atomic E-state index is 0.0948. The van der Waals surface area contributed by atoms with Crippen LogP contribution in [-0.2, 0) is 11.3 Å². The maximum absolute atomic E-state index is 11.6. The first-order valence-corrected chi connectivity index (χ1v) is 5.47. The number of hydrogen-bond donors (Lipinski definition) is 1. The first kappa shape index (κ1) is 10.2. The van der Waals surface area contributed by atoms with Crippen LogP contribution in [-0.4, -0.2) is 21.5 Å². The normalized spacial score (nSPS) is 15.7. The van der Waals surface area contributed by atoms with E-state index in [-0.39, 0.29) is 5.91 Å². The largest absolute Gasteiger partial charge is 0.352 e. The van der Waals surface area contributed by atoms with Crippen molar-refractivity contribution in [2.24, 2.45) is 0 Å². The van der Waals surface area contributed by atoms with Crippen LogP contribution in [0.3, 0.4) is 0 Å². The zero-order chi connectivity index (χ0) is 10.8. The van der Waals surface area contributed by atoms with Gasteiger partial charge in [-0.1, -0.05) is 13.8 Å². The predicted octanol–water partition coefficient (Wildman–Crippen LogP) is 1.29. The van der Waals surface area contributed by atoms with Crippen LogP contribution in [0, 0.1) is 0 Å². The lowest BCUT2D eigenvalue weighted by Crippen LogP contribution is -2.29. The number of rotatable bonds is 4. The fourth-order valence-corrected chi connectivity index (χ4v) is 1.61. The highest BCUT2D eigenvalue weighted by molar-refractivity contribution is 5.76. The molecule has 82 valence electrons. The summed E-state index contributed by atoms with van der Waals surface area (Å²) in [6, 6.07) is 0.434. The zero-order valence-electron chi connectivity index (χ0n) is 9.23. The maximum atomic E-state index is 11.6. The van der Waals surface area contributed by atoms with Gasteiger partial charge < -0.3 is 9.88 Å². The lowest BCUT2D eigenvalue weighted by molar-refractivity contribution is -0.121. The predicted molar refractivity (Wildman–Crippen MR) is 57.5 cm³/mol. The Morgan fingerprint density at radius 2 is 2.40 bits per heavy atom. The quantitative estimate of drug-likeness (QED) is 0.808. The summed E-state index contributed by atoms with van der Waals surface area (Å²) in [6.07, 6.45) is 5.88. The minimum Gasteiger partial charge on any atom is -0.352 e. The molecule has 0 aliphatic heterocycles. The molecule has 1 N–H and O–H groups in total. The SMILES string of the molecule is CC(C)c1nccn1CC(=O)NC1CC1. The Balaban J connectivity index is 1.96. The highest BCUT2D eigenvalue weighted by atomic mass is 16.2. The molecular weight excluding hydrogens is 190 g/mol. The second-order valence-corrected chi connectivity index (χ2v) is 4.41. The van der Waals surface area contributed by atoms with Crippen LogP contribution in [0.2, 0.25) is 0 Å². The first-order chi connectivity index (χ1) is 7.16. The number of hydrogen-bond acceptors (Lipinski definition) is 2. The molecule has 15 heavy (non-hydrogen) atoms. The van der Waals surface area contributed by atoms with Gasteiger partial charge in [0.15, 0.2) is 0 Å². The number of carbonyl (C=O) groups excluding carboxylic acids is 1. The lowest BCUT2D eigenvalue weighted by atomic mass is 10.2. The van der Waals surface area contributed by atoms with Crippen LogP contribution >= 0.6 is 0 Å². The van der Waals surface area contributed by atoms with Crippen molar-refractivity contribution in [3.63, 3.8) is 0 Å². The molecule has 1 saturated carbocycles. The molecule has 4 heteroatoms. The Labute approximate surface area is 89.7 Å². The van der Waals surface area contributed by atoms with E-state index in [9.17, 15) is 4.79 Å². The average molecular weight is 207 g/mol. The molecule has 0 unspecified atom stereocenters. The molecule has 0 atom stereocenters. The van der Waals surface area contributed by atoms with Gasteiger partial charge in [0, 0.05) is 24.4 Å². The third-order valence-corrected chi connectivity index (χ3v) is 2.52. The van der Waals surface area contributed by atoms with Crippen molar-refractivity contribution in [1.82, 2.24) is 14.9 Å². The van der Waals surface area contributed by atoms with E-state index in [1.165, 1.54) is 0 Å². The number of amides is 1. The van der Waals surface area contributed by atoms with Crippen molar-refractivity contribution in [3.8, 4) is 0 Å². The Hall–Kier alpha value is -1.32. The molecule has 4 nitrogen and oxygen atoms in total. The van der Waals surface area contributed by atoms with Gasteiger partial charge in [0.1, 0.15) is 12.4 Å². The molecule has 1 aromatic rings. The second kappa shape index (κ2) is 4.04. The summed E-state index contributed by atoms with van der Waals surface area (Å²) in [5.41, 5.74) is 0. The number of carbonyl (C=O) groups is 1. The van der Waals surface area contributed by atoms with Crippen LogP contribution in [0.5, 0.6) is 0 Å². The summed E-state index contributed by atoms with van der Waals surface area (Å²) >= 11 is 0. The number of nitrogens with one attached hydrogen (secondary N) is 1. The summed E-state index contributed by atoms with van der Waals surface area (Å²) in [5.74, 6) is 1.42. The molecule has 0 spiro atoms. The molecule has 0 aromatic carbocycles. The van der Waals surface area contributed by atoms with Crippen LogP contribution in [0.15, 0.2) is 12.4 Å². The van der Waals surface area contributed by atoms with Gasteiger partial charge in [0.2, 0.25) is 5.91 Å². The van der Waals surface area contributed by atoms with Crippen molar-refractivity contribution in [3.05, 3.63) is 18.2 Å². The van der Waals surface area contributed by atoms with E-state index in [4.69, 9.17) is 0 Å². The van der Waals surface area contributed by atoms with Gasteiger partial charge in [0.05, 0.1) is 0 Å². The Bertz CT molecular complexity index is 352. The molecule has 1 aromatic heterocycles. The molecule has 0 bridgehead atoms. The number of aromatic nitrogens is 2. The monoisotopic (exact) mass is 207 g/mol. The van der Waals surface area contributed by atoms with E-state index < -0.39 is 0 Å². The van der Waals surface area contributed by atoms with Crippen molar-refractivity contribution < 1.29 is 4.79 Å². The summed E-state index contributed by atoms with van der Waals surface area (Å²) in [5, 5.41) is 2.97. The number of imidazole rings is 1. The van der Waals surface area contributed by atoms with E-state index in [1.54, 1.807) is 6.20 Å². The highest BCUT2D eigenvalue weighted by Crippen LogP contribution is 2.18. The molecule has 0 radical (unpaired) electrons. The molecule has 1 amide bonds.